The van der Waals surface area contributed by atoms with E-state index >= 15 is 0 Å². The molecule has 1 aromatic carbocycles. The van der Waals surface area contributed by atoms with Crippen LogP contribution in [0.1, 0.15) is 17.3 Å². The molecule has 2 aliphatic rings. The number of halogens is 3. The van der Waals surface area contributed by atoms with Gasteiger partial charge in [-0.2, -0.15) is 13.2 Å². The van der Waals surface area contributed by atoms with E-state index in [1.165, 1.54) is 29.3 Å². The Morgan fingerprint density at radius 3 is 2.68 bits per heavy atom. The number of hydrogen-bond donors (Lipinski definition) is 3. The van der Waals surface area contributed by atoms with Crippen LogP contribution in [0.3, 0.4) is 0 Å². The summed E-state index contributed by atoms with van der Waals surface area (Å²) in [5, 5.41) is 9.49. The third-order valence-electron chi connectivity index (χ3n) is 5.97. The molecule has 2 aromatic heterocycles. The SMILES string of the molecule is O=C(NC(c1ccccn1)C(F)(F)F)C1=C2C=CC=CN2C(C(=O)NCc2cncc3ccccc23)N1. The Kier molecular flexibility index (Phi) is 6.34. The van der Waals surface area contributed by atoms with Crippen molar-refractivity contribution < 1.29 is 22.8 Å². The third kappa shape index (κ3) is 4.88. The second-order valence-electron chi connectivity index (χ2n) is 8.36. The average molecular weight is 506 g/mol. The number of hydrogen-bond acceptors (Lipinski definition) is 6. The van der Waals surface area contributed by atoms with Crippen molar-refractivity contribution in [2.45, 2.75) is 24.9 Å². The number of rotatable bonds is 6. The molecule has 0 aliphatic carbocycles. The molecule has 0 fully saturated rings. The largest absolute Gasteiger partial charge is 0.414 e. The topological polar surface area (TPSA) is 99.2 Å². The molecule has 0 saturated heterocycles. The van der Waals surface area contributed by atoms with Gasteiger partial charge < -0.3 is 20.9 Å². The van der Waals surface area contributed by atoms with Crippen molar-refractivity contribution in [3.05, 3.63) is 108 Å². The molecule has 3 N–H and O–H groups in total. The number of aromatic nitrogens is 2. The van der Waals surface area contributed by atoms with Gasteiger partial charge in [-0.25, -0.2) is 0 Å². The summed E-state index contributed by atoms with van der Waals surface area (Å²) >= 11 is 0. The second kappa shape index (κ2) is 9.76. The average Bonchev–Trinajstić information content (AvgIpc) is 3.30. The van der Waals surface area contributed by atoms with Gasteiger partial charge in [0, 0.05) is 36.7 Å². The van der Waals surface area contributed by atoms with Crippen LogP contribution in [0.5, 0.6) is 0 Å². The number of alkyl halides is 3. The Morgan fingerprint density at radius 2 is 1.89 bits per heavy atom. The van der Waals surface area contributed by atoms with Crippen LogP contribution in [0.4, 0.5) is 13.2 Å². The minimum absolute atomic E-state index is 0.155. The molecule has 4 heterocycles. The maximum absolute atomic E-state index is 13.8. The van der Waals surface area contributed by atoms with Gasteiger partial charge in [-0.15, -0.1) is 0 Å². The zero-order valence-electron chi connectivity index (χ0n) is 19.2. The molecule has 0 saturated carbocycles. The molecule has 3 aromatic rings. The van der Waals surface area contributed by atoms with Crippen LogP contribution >= 0.6 is 0 Å². The van der Waals surface area contributed by atoms with E-state index in [-0.39, 0.29) is 23.6 Å². The normalized spacial score (nSPS) is 17.4. The highest BCUT2D eigenvalue weighted by Crippen LogP contribution is 2.33. The Balaban J connectivity index is 1.34. The van der Waals surface area contributed by atoms with Crippen molar-refractivity contribution in [3.63, 3.8) is 0 Å². The Morgan fingerprint density at radius 1 is 1.08 bits per heavy atom. The summed E-state index contributed by atoms with van der Waals surface area (Å²) in [6, 6.07) is 9.37. The van der Waals surface area contributed by atoms with Crippen LogP contribution in [0, 0.1) is 0 Å². The lowest BCUT2D eigenvalue weighted by atomic mass is 10.1. The molecule has 8 nitrogen and oxygen atoms in total. The van der Waals surface area contributed by atoms with E-state index in [2.05, 4.69) is 20.6 Å². The van der Waals surface area contributed by atoms with Crippen LogP contribution in [0.2, 0.25) is 0 Å². The van der Waals surface area contributed by atoms with Gasteiger partial charge in [0.2, 0.25) is 0 Å². The van der Waals surface area contributed by atoms with Crippen LogP contribution in [0.15, 0.2) is 96.9 Å². The lowest BCUT2D eigenvalue weighted by molar-refractivity contribution is -0.163. The van der Waals surface area contributed by atoms with Crippen molar-refractivity contribution in [1.82, 2.24) is 30.8 Å². The van der Waals surface area contributed by atoms with E-state index in [1.54, 1.807) is 36.8 Å². The second-order valence-corrected chi connectivity index (χ2v) is 8.36. The van der Waals surface area contributed by atoms with Crippen molar-refractivity contribution in [3.8, 4) is 0 Å². The lowest BCUT2D eigenvalue weighted by Crippen LogP contribution is -2.49. The maximum atomic E-state index is 13.8. The van der Waals surface area contributed by atoms with Gasteiger partial charge in [-0.1, -0.05) is 36.4 Å². The van der Waals surface area contributed by atoms with Gasteiger partial charge in [0.15, 0.2) is 12.2 Å². The first-order valence-electron chi connectivity index (χ1n) is 11.3. The van der Waals surface area contributed by atoms with E-state index in [1.807, 2.05) is 29.6 Å². The summed E-state index contributed by atoms with van der Waals surface area (Å²) in [6.07, 6.45) is 5.20. The Labute approximate surface area is 209 Å². The number of benzene rings is 1. The highest BCUT2D eigenvalue weighted by Gasteiger charge is 2.45. The predicted octanol–water partition coefficient (Wildman–Crippen LogP) is 3.19. The minimum atomic E-state index is -4.78. The van der Waals surface area contributed by atoms with Crippen molar-refractivity contribution in [1.29, 1.82) is 0 Å². The van der Waals surface area contributed by atoms with E-state index < -0.39 is 30.2 Å². The highest BCUT2D eigenvalue weighted by atomic mass is 19.4. The van der Waals surface area contributed by atoms with E-state index in [0.717, 1.165) is 16.3 Å². The lowest BCUT2D eigenvalue weighted by Gasteiger charge is -2.25. The summed E-state index contributed by atoms with van der Waals surface area (Å²) in [4.78, 5) is 35.6. The molecule has 37 heavy (non-hydrogen) atoms. The fraction of sp³-hybridized carbons (Fsp3) is 0.154. The van der Waals surface area contributed by atoms with Crippen LogP contribution in [-0.2, 0) is 16.1 Å². The molecule has 188 valence electrons. The van der Waals surface area contributed by atoms with Gasteiger partial charge in [0.05, 0.1) is 11.4 Å². The molecule has 2 aliphatic heterocycles. The summed E-state index contributed by atoms with van der Waals surface area (Å²) in [5.74, 6) is -1.48. The number of carbonyl (C=O) groups excluding carboxylic acids is 2. The number of fused-ring (bicyclic) bond motifs is 2. The number of pyridine rings is 2. The first-order chi connectivity index (χ1) is 17.8. The zero-order chi connectivity index (χ0) is 26.0. The third-order valence-corrected chi connectivity index (χ3v) is 5.97. The summed E-state index contributed by atoms with van der Waals surface area (Å²) < 4.78 is 41.3. The predicted molar refractivity (Wildman–Crippen MR) is 129 cm³/mol. The zero-order valence-corrected chi connectivity index (χ0v) is 19.2. The number of nitrogens with one attached hydrogen (secondary N) is 3. The molecule has 11 heteroatoms. The molecule has 0 radical (unpaired) electrons. The number of carbonyl (C=O) groups is 2. The van der Waals surface area contributed by atoms with E-state index in [0.29, 0.717) is 0 Å². The minimum Gasteiger partial charge on any atom is -0.351 e. The van der Waals surface area contributed by atoms with Crippen LogP contribution in [-0.4, -0.2) is 39.0 Å². The first kappa shape index (κ1) is 24.0. The summed E-state index contributed by atoms with van der Waals surface area (Å²) in [7, 11) is 0. The molecule has 2 amide bonds. The van der Waals surface area contributed by atoms with Crippen molar-refractivity contribution in [2.75, 3.05) is 0 Å². The van der Waals surface area contributed by atoms with Gasteiger partial charge in [0.1, 0.15) is 5.70 Å². The van der Waals surface area contributed by atoms with Gasteiger partial charge >= 0.3 is 6.18 Å². The van der Waals surface area contributed by atoms with Gasteiger partial charge in [0.25, 0.3) is 11.8 Å². The fourth-order valence-corrected chi connectivity index (χ4v) is 4.22. The number of amides is 2. The smallest absolute Gasteiger partial charge is 0.351 e. The maximum Gasteiger partial charge on any atom is 0.414 e. The van der Waals surface area contributed by atoms with Gasteiger partial charge in [-0.3, -0.25) is 19.6 Å². The summed E-state index contributed by atoms with van der Waals surface area (Å²) in [6.45, 7) is 0.172. The quantitative estimate of drug-likeness (QED) is 0.475. The monoisotopic (exact) mass is 506 g/mol. The molecular weight excluding hydrogens is 485 g/mol. The van der Waals surface area contributed by atoms with Crippen molar-refractivity contribution >= 4 is 22.6 Å². The molecule has 2 atom stereocenters. The van der Waals surface area contributed by atoms with Crippen molar-refractivity contribution in [2.24, 2.45) is 0 Å². The highest BCUT2D eigenvalue weighted by molar-refractivity contribution is 5.97. The molecule has 0 spiro atoms. The number of allylic oxidation sites excluding steroid dienone is 3. The molecule has 5 rings (SSSR count). The van der Waals surface area contributed by atoms with E-state index in [4.69, 9.17) is 0 Å². The van der Waals surface area contributed by atoms with Crippen LogP contribution < -0.4 is 16.0 Å². The number of nitrogens with zero attached hydrogens (tertiary/aromatic N) is 3. The molecule has 0 bridgehead atoms. The van der Waals surface area contributed by atoms with Gasteiger partial charge in [-0.05, 0) is 35.2 Å². The fourth-order valence-electron chi connectivity index (χ4n) is 4.22. The first-order valence-corrected chi connectivity index (χ1v) is 11.3. The van der Waals surface area contributed by atoms with Crippen LogP contribution in [0.25, 0.3) is 10.8 Å². The van der Waals surface area contributed by atoms with E-state index in [9.17, 15) is 22.8 Å². The Bertz CT molecular complexity index is 1430. The molecular formula is C26H21F3N6O2. The molecule has 2 unspecified atom stereocenters. The summed E-state index contributed by atoms with van der Waals surface area (Å²) in [5.41, 5.74) is 0.570. The standard InChI is InChI=1S/C26H21F3N6O2/c27-26(28,29)22(19-9-3-5-11-31-19)34-24(36)21-20-10-4-6-12-35(20)23(33-21)25(37)32-15-17-14-30-13-16-7-1-2-8-18(16)17/h1-14,22-23,33H,15H2,(H,32,37)(H,34,36). The Hall–Kier alpha value is -4.67.